The van der Waals surface area contributed by atoms with Gasteiger partial charge < -0.3 is 19.3 Å². The second-order valence-corrected chi connectivity index (χ2v) is 12.3. The lowest BCUT2D eigenvalue weighted by Gasteiger charge is -2.39. The van der Waals surface area contributed by atoms with E-state index in [9.17, 15) is 9.90 Å². The molecule has 2 aliphatic rings. The van der Waals surface area contributed by atoms with Gasteiger partial charge in [-0.15, -0.1) is 0 Å². The van der Waals surface area contributed by atoms with Crippen LogP contribution in [0.15, 0.2) is 60.7 Å². The molecule has 1 unspecified atom stereocenters. The predicted molar refractivity (Wildman–Crippen MR) is 153 cm³/mol. The minimum absolute atomic E-state index is 0.0317. The van der Waals surface area contributed by atoms with E-state index >= 15 is 4.39 Å². The molecule has 1 saturated carbocycles. The van der Waals surface area contributed by atoms with Crippen LogP contribution in [-0.2, 0) is 16.1 Å². The van der Waals surface area contributed by atoms with Crippen LogP contribution in [0.5, 0.6) is 11.5 Å². The van der Waals surface area contributed by atoms with Crippen molar-refractivity contribution in [2.24, 2.45) is 10.8 Å². The summed E-state index contributed by atoms with van der Waals surface area (Å²) in [4.78, 5) is 11.6. The molecule has 212 valence electrons. The van der Waals surface area contributed by atoms with Crippen molar-refractivity contribution in [3.8, 4) is 22.6 Å². The molecule has 1 N–H and O–H groups in total. The molecule has 0 amide bonds. The molecule has 0 spiro atoms. The first-order valence-corrected chi connectivity index (χ1v) is 14.1. The molecule has 40 heavy (non-hydrogen) atoms. The molecule has 0 bridgehead atoms. The van der Waals surface area contributed by atoms with Crippen LogP contribution in [-0.4, -0.2) is 24.8 Å². The Morgan fingerprint density at radius 2 is 1.82 bits per heavy atom. The van der Waals surface area contributed by atoms with E-state index in [1.807, 2.05) is 36.4 Å². The molecule has 1 saturated heterocycles. The summed E-state index contributed by atoms with van der Waals surface area (Å²) in [6, 6.07) is 18.6. The second kappa shape index (κ2) is 11.2. The maximum Gasteiger partial charge on any atom is 0.303 e. The first-order chi connectivity index (χ1) is 19.1. The van der Waals surface area contributed by atoms with Crippen molar-refractivity contribution in [3.63, 3.8) is 0 Å². The van der Waals surface area contributed by atoms with Gasteiger partial charge in [-0.05, 0) is 101 Å². The van der Waals surface area contributed by atoms with Crippen LogP contribution in [0.1, 0.15) is 81.6 Å². The van der Waals surface area contributed by atoms with Gasteiger partial charge in [0, 0.05) is 12.2 Å². The molecule has 3 aromatic carbocycles. The third kappa shape index (κ3) is 6.02. The van der Waals surface area contributed by atoms with E-state index in [-0.39, 0.29) is 35.1 Å². The Bertz CT molecular complexity index is 1380. The fourth-order valence-electron chi connectivity index (χ4n) is 6.07. The molecule has 0 aromatic heterocycles. The molecule has 0 radical (unpaired) electrons. The highest BCUT2D eigenvalue weighted by atomic mass is 19.1. The maximum atomic E-state index is 15.1. The highest BCUT2D eigenvalue weighted by Crippen LogP contribution is 2.57. The smallest absolute Gasteiger partial charge is 0.303 e. The van der Waals surface area contributed by atoms with Crippen molar-refractivity contribution in [3.05, 3.63) is 83.2 Å². The second-order valence-electron chi connectivity index (χ2n) is 12.3. The molecular formula is C34H39FO5. The molecule has 5 rings (SSSR count). The number of aliphatic carboxylic acids is 1. The predicted octanol–water partition coefficient (Wildman–Crippen LogP) is 8.32. The largest absolute Gasteiger partial charge is 0.497 e. The van der Waals surface area contributed by atoms with E-state index in [1.54, 1.807) is 19.2 Å². The number of rotatable bonds is 10. The summed E-state index contributed by atoms with van der Waals surface area (Å²) in [5.74, 6) is 0.174. The van der Waals surface area contributed by atoms with E-state index in [1.165, 1.54) is 6.07 Å². The Labute approximate surface area is 236 Å². The molecule has 1 aliphatic heterocycles. The topological polar surface area (TPSA) is 65.0 Å². The van der Waals surface area contributed by atoms with E-state index < -0.39 is 5.97 Å². The van der Waals surface area contributed by atoms with Crippen molar-refractivity contribution in [1.82, 2.24) is 0 Å². The maximum absolute atomic E-state index is 15.1. The molecule has 2 atom stereocenters. The van der Waals surface area contributed by atoms with Gasteiger partial charge in [0.1, 0.15) is 23.9 Å². The lowest BCUT2D eigenvalue weighted by molar-refractivity contribution is -0.137. The summed E-state index contributed by atoms with van der Waals surface area (Å²) in [5, 5.41) is 9.51. The average molecular weight is 547 g/mol. The number of methoxy groups -OCH3 is 1. The third-order valence-corrected chi connectivity index (χ3v) is 8.75. The van der Waals surface area contributed by atoms with Gasteiger partial charge in [-0.2, -0.15) is 0 Å². The fourth-order valence-corrected chi connectivity index (χ4v) is 6.07. The Kier molecular flexibility index (Phi) is 7.92. The zero-order valence-electron chi connectivity index (χ0n) is 23.8. The highest BCUT2D eigenvalue weighted by Gasteiger charge is 2.46. The molecule has 5 nitrogen and oxygen atoms in total. The van der Waals surface area contributed by atoms with Crippen molar-refractivity contribution in [2.45, 2.75) is 71.5 Å². The lowest BCUT2D eigenvalue weighted by atomic mass is 9.75. The van der Waals surface area contributed by atoms with Crippen LogP contribution in [0.25, 0.3) is 11.1 Å². The monoisotopic (exact) mass is 546 g/mol. The minimum Gasteiger partial charge on any atom is -0.497 e. The minimum atomic E-state index is -0.780. The van der Waals surface area contributed by atoms with E-state index in [4.69, 9.17) is 14.2 Å². The van der Waals surface area contributed by atoms with E-state index in [2.05, 4.69) is 26.8 Å². The van der Waals surface area contributed by atoms with Crippen molar-refractivity contribution >= 4 is 5.97 Å². The zero-order valence-corrected chi connectivity index (χ0v) is 23.8. The fraction of sp³-hybridized carbons (Fsp3) is 0.441. The average Bonchev–Trinajstić information content (AvgIpc) is 3.68. The summed E-state index contributed by atoms with van der Waals surface area (Å²) in [6.07, 6.45) is 4.01. The van der Waals surface area contributed by atoms with Crippen LogP contribution in [0, 0.1) is 16.6 Å². The van der Waals surface area contributed by atoms with Crippen molar-refractivity contribution in [2.75, 3.05) is 13.7 Å². The van der Waals surface area contributed by atoms with Crippen molar-refractivity contribution in [1.29, 1.82) is 0 Å². The van der Waals surface area contributed by atoms with Crippen LogP contribution in [0.4, 0.5) is 4.39 Å². The SMILES string of the molecule is COc1ccc(F)c(-c2ccc(COc3cccc([C@@H](CC(=O)O)C4(C)CC4)c3)cc2C2OCCCC2(C)C)c1. The molecular weight excluding hydrogens is 507 g/mol. The number of ether oxygens (including phenoxy) is 3. The number of carboxylic acid groups (broad SMARTS) is 1. The van der Waals surface area contributed by atoms with Gasteiger partial charge in [-0.25, -0.2) is 4.39 Å². The Hall–Kier alpha value is -3.38. The van der Waals surface area contributed by atoms with Gasteiger partial charge in [0.05, 0.1) is 19.6 Å². The summed E-state index contributed by atoms with van der Waals surface area (Å²) < 4.78 is 33.1. The van der Waals surface area contributed by atoms with Crippen molar-refractivity contribution < 1.29 is 28.5 Å². The number of hydrogen-bond donors (Lipinski definition) is 1. The Balaban J connectivity index is 1.45. The number of halogens is 1. The summed E-state index contributed by atoms with van der Waals surface area (Å²) in [5.41, 5.74) is 4.08. The number of hydrogen-bond acceptors (Lipinski definition) is 4. The van der Waals surface area contributed by atoms with Gasteiger partial charge >= 0.3 is 5.97 Å². The zero-order chi connectivity index (χ0) is 28.5. The normalized spacial score (nSPS) is 20.0. The van der Waals surface area contributed by atoms with Crippen LogP contribution < -0.4 is 9.47 Å². The van der Waals surface area contributed by atoms with Crippen LogP contribution >= 0.6 is 0 Å². The molecule has 3 aromatic rings. The van der Waals surface area contributed by atoms with Crippen LogP contribution in [0.2, 0.25) is 0 Å². The van der Waals surface area contributed by atoms with Gasteiger partial charge in [-0.1, -0.05) is 45.0 Å². The van der Waals surface area contributed by atoms with Gasteiger partial charge in [0.15, 0.2) is 0 Å². The highest BCUT2D eigenvalue weighted by molar-refractivity contribution is 5.71. The number of carboxylic acids is 1. The van der Waals surface area contributed by atoms with Gasteiger partial charge in [0.25, 0.3) is 0 Å². The standard InChI is InChI=1S/C34H39FO5/c1-33(2)13-6-16-39-32(33)28-17-22(9-11-26(28)27-19-24(38-4)10-12-30(27)35)21-40-25-8-5-7-23(18-25)29(20-31(36)37)34(3)14-15-34/h5,7-12,17-19,29,32H,6,13-16,20-21H2,1-4H3,(H,36,37)/t29-,32?/m1/s1. The summed E-state index contributed by atoms with van der Waals surface area (Å²) in [6.45, 7) is 7.55. The number of carbonyl (C=O) groups is 1. The number of benzene rings is 3. The third-order valence-electron chi connectivity index (χ3n) is 8.75. The quantitative estimate of drug-likeness (QED) is 0.277. The lowest BCUT2D eigenvalue weighted by Crippen LogP contribution is -2.30. The van der Waals surface area contributed by atoms with E-state index in [0.717, 1.165) is 47.9 Å². The van der Waals surface area contributed by atoms with Crippen LogP contribution in [0.3, 0.4) is 0 Å². The molecule has 6 heteroatoms. The van der Waals surface area contributed by atoms with Gasteiger partial charge in [0.2, 0.25) is 0 Å². The Morgan fingerprint density at radius 1 is 1.02 bits per heavy atom. The summed E-state index contributed by atoms with van der Waals surface area (Å²) in [7, 11) is 1.58. The summed E-state index contributed by atoms with van der Waals surface area (Å²) >= 11 is 0. The van der Waals surface area contributed by atoms with E-state index in [0.29, 0.717) is 30.3 Å². The van der Waals surface area contributed by atoms with Gasteiger partial charge in [-0.3, -0.25) is 4.79 Å². The Morgan fingerprint density at radius 3 is 2.52 bits per heavy atom. The molecule has 2 fully saturated rings. The first kappa shape index (κ1) is 28.2. The molecule has 1 heterocycles. The molecule has 1 aliphatic carbocycles. The first-order valence-electron chi connectivity index (χ1n) is 14.1.